The zero-order chi connectivity index (χ0) is 15.7. The van der Waals surface area contributed by atoms with Crippen LogP contribution in [0.2, 0.25) is 5.02 Å². The van der Waals surface area contributed by atoms with Gasteiger partial charge in [0.05, 0.1) is 22.8 Å². The second kappa shape index (κ2) is 5.96. The molecule has 0 aliphatic carbocycles. The predicted octanol–water partition coefficient (Wildman–Crippen LogP) is 4.80. The third kappa shape index (κ3) is 2.66. The molecule has 2 aromatic heterocycles. The molecule has 0 atom stereocenters. The molecule has 3 aromatic rings. The summed E-state index contributed by atoms with van der Waals surface area (Å²) in [5.41, 5.74) is 4.65. The fraction of sp³-hybridized carbons (Fsp3) is 0.176. The van der Waals surface area contributed by atoms with Gasteiger partial charge in [-0.2, -0.15) is 10.4 Å². The van der Waals surface area contributed by atoms with Crippen LogP contribution in [0.25, 0.3) is 11.1 Å². The minimum absolute atomic E-state index is 0.477. The molecule has 1 aromatic carbocycles. The zero-order valence-electron chi connectivity index (χ0n) is 12.3. The molecule has 0 aliphatic heterocycles. The van der Waals surface area contributed by atoms with Gasteiger partial charge in [-0.1, -0.05) is 23.7 Å². The minimum Gasteiger partial charge on any atom is -0.264 e. The average Bonchev–Trinajstić information content (AvgIpc) is 3.08. The number of nitriles is 1. The monoisotopic (exact) mass is 327 g/mol. The summed E-state index contributed by atoms with van der Waals surface area (Å²) in [5, 5.41) is 16.2. The summed E-state index contributed by atoms with van der Waals surface area (Å²) in [6.45, 7) is 4.84. The van der Waals surface area contributed by atoms with E-state index in [-0.39, 0.29) is 0 Å². The molecule has 0 N–H and O–H groups in total. The Hall–Kier alpha value is -2.09. The Morgan fingerprint density at radius 3 is 2.77 bits per heavy atom. The van der Waals surface area contributed by atoms with Crippen molar-refractivity contribution in [3.8, 4) is 17.2 Å². The summed E-state index contributed by atoms with van der Waals surface area (Å²) in [7, 11) is 0. The van der Waals surface area contributed by atoms with Crippen molar-refractivity contribution in [1.82, 2.24) is 9.78 Å². The van der Waals surface area contributed by atoms with Gasteiger partial charge in [-0.05, 0) is 43.0 Å². The summed E-state index contributed by atoms with van der Waals surface area (Å²) in [5.74, 6) is 0. The van der Waals surface area contributed by atoms with Crippen molar-refractivity contribution < 1.29 is 0 Å². The topological polar surface area (TPSA) is 41.6 Å². The lowest BCUT2D eigenvalue weighted by molar-refractivity contribution is 0.666. The van der Waals surface area contributed by atoms with E-state index in [0.29, 0.717) is 10.6 Å². The highest BCUT2D eigenvalue weighted by Gasteiger charge is 2.15. The highest BCUT2D eigenvalue weighted by Crippen LogP contribution is 2.30. The first-order valence-corrected chi connectivity index (χ1v) is 8.12. The van der Waals surface area contributed by atoms with Gasteiger partial charge in [0.25, 0.3) is 0 Å². The molecule has 2 heterocycles. The lowest BCUT2D eigenvalue weighted by Gasteiger charge is -2.06. The number of benzene rings is 1. The van der Waals surface area contributed by atoms with Crippen LogP contribution in [0.15, 0.2) is 35.7 Å². The lowest BCUT2D eigenvalue weighted by atomic mass is 10.0. The van der Waals surface area contributed by atoms with E-state index in [0.717, 1.165) is 29.1 Å². The molecule has 0 unspecified atom stereocenters. The molecule has 5 heteroatoms. The van der Waals surface area contributed by atoms with E-state index >= 15 is 0 Å². The van der Waals surface area contributed by atoms with Crippen LogP contribution in [-0.2, 0) is 6.54 Å². The number of nitrogens with zero attached hydrogens (tertiary/aromatic N) is 3. The highest BCUT2D eigenvalue weighted by atomic mass is 35.5. The molecular formula is C17H14ClN3S. The van der Waals surface area contributed by atoms with Gasteiger partial charge in [0, 0.05) is 16.1 Å². The van der Waals surface area contributed by atoms with Crippen molar-refractivity contribution in [2.75, 3.05) is 0 Å². The van der Waals surface area contributed by atoms with Crippen LogP contribution in [0.5, 0.6) is 0 Å². The zero-order valence-corrected chi connectivity index (χ0v) is 13.9. The predicted molar refractivity (Wildman–Crippen MR) is 90.3 cm³/mol. The van der Waals surface area contributed by atoms with Crippen molar-refractivity contribution >= 4 is 22.9 Å². The van der Waals surface area contributed by atoms with Crippen LogP contribution in [0.1, 0.15) is 21.8 Å². The number of aryl methyl sites for hydroxylation is 1. The molecule has 0 amide bonds. The Bertz CT molecular complexity index is 857. The normalized spacial score (nSPS) is 10.6. The molecular weight excluding hydrogens is 314 g/mol. The van der Waals surface area contributed by atoms with Crippen LogP contribution < -0.4 is 0 Å². The maximum Gasteiger partial charge on any atom is 0.101 e. The van der Waals surface area contributed by atoms with Gasteiger partial charge >= 0.3 is 0 Å². The Kier molecular flexibility index (Phi) is 4.02. The summed E-state index contributed by atoms with van der Waals surface area (Å²) < 4.78 is 2.02. The van der Waals surface area contributed by atoms with Crippen molar-refractivity contribution in [2.24, 2.45) is 0 Å². The first-order valence-electron chi connectivity index (χ1n) is 6.86. The van der Waals surface area contributed by atoms with E-state index in [1.54, 1.807) is 17.4 Å². The number of hydrogen-bond donors (Lipinski definition) is 0. The molecule has 3 nitrogen and oxygen atoms in total. The summed E-state index contributed by atoms with van der Waals surface area (Å²) >= 11 is 7.88. The number of aromatic nitrogens is 2. The Morgan fingerprint density at radius 1 is 1.32 bits per heavy atom. The van der Waals surface area contributed by atoms with Crippen molar-refractivity contribution in [1.29, 1.82) is 5.26 Å². The van der Waals surface area contributed by atoms with E-state index in [4.69, 9.17) is 16.9 Å². The number of halogens is 1. The van der Waals surface area contributed by atoms with E-state index in [1.165, 1.54) is 4.88 Å². The first kappa shape index (κ1) is 14.8. The Labute approximate surface area is 138 Å². The summed E-state index contributed by atoms with van der Waals surface area (Å²) in [6, 6.07) is 11.8. The largest absolute Gasteiger partial charge is 0.264 e. The van der Waals surface area contributed by atoms with Crippen LogP contribution in [-0.4, -0.2) is 9.78 Å². The van der Waals surface area contributed by atoms with Gasteiger partial charge in [0.15, 0.2) is 0 Å². The third-order valence-electron chi connectivity index (χ3n) is 3.65. The van der Waals surface area contributed by atoms with Crippen LogP contribution in [0, 0.1) is 25.2 Å². The van der Waals surface area contributed by atoms with E-state index < -0.39 is 0 Å². The number of rotatable bonds is 3. The molecule has 0 fully saturated rings. The molecule has 110 valence electrons. The average molecular weight is 328 g/mol. The second-order valence-corrected chi connectivity index (χ2v) is 6.53. The SMILES string of the molecule is Cc1nn(Cc2cccs2)c(C)c1-c1ccc(C#N)c(Cl)c1. The molecule has 0 saturated carbocycles. The first-order chi connectivity index (χ1) is 10.6. The van der Waals surface area contributed by atoms with Crippen LogP contribution in [0.4, 0.5) is 0 Å². The summed E-state index contributed by atoms with van der Waals surface area (Å²) in [6.07, 6.45) is 0. The Morgan fingerprint density at radius 2 is 2.14 bits per heavy atom. The molecule has 22 heavy (non-hydrogen) atoms. The highest BCUT2D eigenvalue weighted by molar-refractivity contribution is 7.09. The fourth-order valence-electron chi connectivity index (χ4n) is 2.58. The third-order valence-corrected chi connectivity index (χ3v) is 4.82. The molecule has 0 bridgehead atoms. The maximum atomic E-state index is 8.99. The van der Waals surface area contributed by atoms with Gasteiger partial charge in [-0.3, -0.25) is 4.68 Å². The smallest absolute Gasteiger partial charge is 0.101 e. The van der Waals surface area contributed by atoms with Crippen LogP contribution in [0.3, 0.4) is 0 Å². The van der Waals surface area contributed by atoms with Gasteiger partial charge < -0.3 is 0 Å². The van der Waals surface area contributed by atoms with Gasteiger partial charge in [0.2, 0.25) is 0 Å². The maximum absolute atomic E-state index is 8.99. The lowest BCUT2D eigenvalue weighted by Crippen LogP contribution is -2.02. The quantitative estimate of drug-likeness (QED) is 0.693. The van der Waals surface area contributed by atoms with Crippen LogP contribution >= 0.6 is 22.9 Å². The molecule has 0 radical (unpaired) electrons. The van der Waals surface area contributed by atoms with E-state index in [2.05, 4.69) is 29.5 Å². The van der Waals surface area contributed by atoms with Gasteiger partial charge in [0.1, 0.15) is 6.07 Å². The summed E-state index contributed by atoms with van der Waals surface area (Å²) in [4.78, 5) is 1.27. The van der Waals surface area contributed by atoms with E-state index in [1.807, 2.05) is 29.8 Å². The molecule has 0 saturated heterocycles. The Balaban J connectivity index is 2.03. The van der Waals surface area contributed by atoms with Crippen molar-refractivity contribution in [3.63, 3.8) is 0 Å². The van der Waals surface area contributed by atoms with Gasteiger partial charge in [-0.25, -0.2) is 0 Å². The minimum atomic E-state index is 0.477. The molecule has 0 aliphatic rings. The molecule has 3 rings (SSSR count). The number of hydrogen-bond acceptors (Lipinski definition) is 3. The second-order valence-electron chi connectivity index (χ2n) is 5.09. The number of thiophene rings is 1. The van der Waals surface area contributed by atoms with E-state index in [9.17, 15) is 0 Å². The fourth-order valence-corrected chi connectivity index (χ4v) is 3.49. The molecule has 0 spiro atoms. The van der Waals surface area contributed by atoms with Gasteiger partial charge in [-0.15, -0.1) is 11.3 Å². The van der Waals surface area contributed by atoms with Crippen molar-refractivity contribution in [3.05, 3.63) is 62.6 Å². The van der Waals surface area contributed by atoms with Crippen molar-refractivity contribution in [2.45, 2.75) is 20.4 Å². The standard InChI is InChI=1S/C17H14ClN3S/c1-11-17(13-5-6-14(9-19)16(18)8-13)12(2)21(20-11)10-15-4-3-7-22-15/h3-8H,10H2,1-2H3.